The molecule has 11 nitrogen and oxygen atoms in total. The van der Waals surface area contributed by atoms with Crippen molar-refractivity contribution in [1.29, 1.82) is 0 Å². The molecular weight excluding hydrogens is 475 g/mol. The Kier molecular flexibility index (Phi) is 6.45. The Morgan fingerprint density at radius 2 is 1.91 bits per heavy atom. The average molecular weight is 498 g/mol. The van der Waals surface area contributed by atoms with Crippen LogP contribution in [0.5, 0.6) is 0 Å². The minimum absolute atomic E-state index is 0.0501. The molecule has 1 saturated heterocycles. The molecule has 0 saturated carbocycles. The Bertz CT molecular complexity index is 1280. The summed E-state index contributed by atoms with van der Waals surface area (Å²) in [6.45, 7) is 3.10. The monoisotopic (exact) mass is 497 g/mol. The maximum Gasteiger partial charge on any atom is 0.241 e. The topological polar surface area (TPSA) is 131 Å². The van der Waals surface area contributed by atoms with Gasteiger partial charge in [0.2, 0.25) is 11.9 Å². The highest BCUT2D eigenvalue weighted by atomic mass is 32.2. The Hall–Kier alpha value is -3.42. The summed E-state index contributed by atoms with van der Waals surface area (Å²) in [5.74, 6) is 0.117. The van der Waals surface area contributed by atoms with Crippen molar-refractivity contribution in [2.75, 3.05) is 41.9 Å². The highest BCUT2D eigenvalue weighted by molar-refractivity contribution is 7.79. The standard InChI is InChI=1S/C22H23FN8O3S/c1-14-16-11-26-22(21-24-4-2-5-25-21)27-17(16)3-6-30(14)19-10-15(9-18(23)28-19)31-8-7-29(12-20(31)32)13-35(33)34/h2,4-5,9-11,14H,3,6-8,12-13H2,1H3,(H,33,34)/p-1. The number of pyridine rings is 1. The smallest absolute Gasteiger partial charge is 0.241 e. The summed E-state index contributed by atoms with van der Waals surface area (Å²) in [5.41, 5.74) is 2.18. The van der Waals surface area contributed by atoms with Crippen LogP contribution in [0.2, 0.25) is 0 Å². The van der Waals surface area contributed by atoms with Crippen molar-refractivity contribution < 1.29 is 17.9 Å². The molecule has 1 fully saturated rings. The Morgan fingerprint density at radius 3 is 2.66 bits per heavy atom. The van der Waals surface area contributed by atoms with Crippen molar-refractivity contribution in [3.8, 4) is 11.6 Å². The lowest BCUT2D eigenvalue weighted by Gasteiger charge is -2.37. The summed E-state index contributed by atoms with van der Waals surface area (Å²) >= 11 is -2.27. The molecule has 0 aliphatic carbocycles. The molecule has 13 heteroatoms. The summed E-state index contributed by atoms with van der Waals surface area (Å²) in [5, 5.41) is 0. The van der Waals surface area contributed by atoms with Gasteiger partial charge in [0, 0.05) is 62.3 Å². The van der Waals surface area contributed by atoms with E-state index in [0.29, 0.717) is 42.7 Å². The van der Waals surface area contributed by atoms with Crippen molar-refractivity contribution in [3.63, 3.8) is 0 Å². The van der Waals surface area contributed by atoms with E-state index in [1.54, 1.807) is 35.6 Å². The van der Waals surface area contributed by atoms with Gasteiger partial charge in [0.1, 0.15) is 5.82 Å². The third kappa shape index (κ3) is 4.88. The van der Waals surface area contributed by atoms with Gasteiger partial charge in [-0.25, -0.2) is 24.9 Å². The number of rotatable bonds is 5. The van der Waals surface area contributed by atoms with E-state index in [4.69, 9.17) is 0 Å². The average Bonchev–Trinajstić information content (AvgIpc) is 2.84. The predicted octanol–water partition coefficient (Wildman–Crippen LogP) is 1.08. The highest BCUT2D eigenvalue weighted by Crippen LogP contribution is 2.34. The molecule has 2 unspecified atom stereocenters. The highest BCUT2D eigenvalue weighted by Gasteiger charge is 2.30. The fourth-order valence-electron chi connectivity index (χ4n) is 4.43. The van der Waals surface area contributed by atoms with Crippen LogP contribution in [0, 0.1) is 5.95 Å². The largest absolute Gasteiger partial charge is 0.771 e. The summed E-state index contributed by atoms with van der Waals surface area (Å²) < 4.78 is 36.5. The van der Waals surface area contributed by atoms with Gasteiger partial charge in [0.05, 0.1) is 29.8 Å². The molecule has 3 aromatic rings. The van der Waals surface area contributed by atoms with Crippen LogP contribution in [0.25, 0.3) is 11.6 Å². The molecule has 0 N–H and O–H groups in total. The molecule has 35 heavy (non-hydrogen) atoms. The number of anilines is 2. The lowest BCUT2D eigenvalue weighted by molar-refractivity contribution is -0.120. The predicted molar refractivity (Wildman–Crippen MR) is 124 cm³/mol. The van der Waals surface area contributed by atoms with Crippen molar-refractivity contribution in [1.82, 2.24) is 29.8 Å². The molecule has 5 heterocycles. The van der Waals surface area contributed by atoms with Gasteiger partial charge in [-0.05, 0) is 24.1 Å². The molecule has 2 aliphatic heterocycles. The minimum Gasteiger partial charge on any atom is -0.771 e. The molecule has 0 radical (unpaired) electrons. The van der Waals surface area contributed by atoms with E-state index >= 15 is 0 Å². The van der Waals surface area contributed by atoms with Gasteiger partial charge in [-0.15, -0.1) is 0 Å². The van der Waals surface area contributed by atoms with E-state index < -0.39 is 17.0 Å². The van der Waals surface area contributed by atoms with E-state index in [-0.39, 0.29) is 30.9 Å². The maximum atomic E-state index is 14.6. The first-order valence-electron chi connectivity index (χ1n) is 11.0. The minimum atomic E-state index is -2.27. The van der Waals surface area contributed by atoms with Crippen LogP contribution >= 0.6 is 0 Å². The second-order valence-corrected chi connectivity index (χ2v) is 9.19. The van der Waals surface area contributed by atoms with Gasteiger partial charge in [0.15, 0.2) is 11.6 Å². The molecule has 5 rings (SSSR count). The number of carbonyl (C=O) groups excluding carboxylic acids is 1. The van der Waals surface area contributed by atoms with Crippen LogP contribution in [0.15, 0.2) is 36.8 Å². The number of amides is 1. The molecule has 182 valence electrons. The third-order valence-corrected chi connectivity index (χ3v) is 6.71. The fourth-order valence-corrected chi connectivity index (χ4v) is 4.94. The molecular formula is C22H22FN8O3S-. The first-order chi connectivity index (χ1) is 16.9. The molecule has 1 amide bonds. The Labute approximate surface area is 203 Å². The van der Waals surface area contributed by atoms with Crippen LogP contribution in [-0.2, 0) is 22.3 Å². The lowest BCUT2D eigenvalue weighted by Crippen LogP contribution is -2.51. The summed E-state index contributed by atoms with van der Waals surface area (Å²) in [4.78, 5) is 39.2. The molecule has 0 aromatic carbocycles. The zero-order chi connectivity index (χ0) is 24.5. The van der Waals surface area contributed by atoms with Crippen LogP contribution in [0.3, 0.4) is 0 Å². The third-order valence-electron chi connectivity index (χ3n) is 6.13. The maximum absolute atomic E-state index is 14.6. The van der Waals surface area contributed by atoms with Crippen LogP contribution < -0.4 is 9.80 Å². The summed E-state index contributed by atoms with van der Waals surface area (Å²) in [7, 11) is 0. The first-order valence-corrected chi connectivity index (χ1v) is 12.3. The quantitative estimate of drug-likeness (QED) is 0.373. The van der Waals surface area contributed by atoms with Crippen molar-refractivity contribution >= 4 is 28.5 Å². The summed E-state index contributed by atoms with van der Waals surface area (Å²) in [6.07, 6.45) is 5.61. The Balaban J connectivity index is 1.38. The molecule has 2 atom stereocenters. The van der Waals surface area contributed by atoms with Crippen LogP contribution in [0.1, 0.15) is 24.2 Å². The van der Waals surface area contributed by atoms with Gasteiger partial charge in [-0.1, -0.05) is 0 Å². The fraction of sp³-hybridized carbons (Fsp3) is 0.364. The number of piperazine rings is 1. The van der Waals surface area contributed by atoms with Crippen molar-refractivity contribution in [2.24, 2.45) is 0 Å². The summed E-state index contributed by atoms with van der Waals surface area (Å²) in [6, 6.07) is 4.47. The van der Waals surface area contributed by atoms with Gasteiger partial charge < -0.3 is 14.4 Å². The molecule has 0 bridgehead atoms. The molecule has 0 spiro atoms. The SMILES string of the molecule is CC1c2cnc(-c3ncccn3)nc2CCN1c1cc(N2CCN(CS(=O)[O-])CC2=O)cc(F)n1. The first kappa shape index (κ1) is 23.3. The van der Waals surface area contributed by atoms with Crippen molar-refractivity contribution in [3.05, 3.63) is 54.0 Å². The van der Waals surface area contributed by atoms with Crippen LogP contribution in [-0.4, -0.2) is 76.5 Å². The van der Waals surface area contributed by atoms with Gasteiger partial charge >= 0.3 is 0 Å². The van der Waals surface area contributed by atoms with E-state index in [2.05, 4.69) is 24.9 Å². The zero-order valence-electron chi connectivity index (χ0n) is 18.9. The second-order valence-electron chi connectivity index (χ2n) is 8.32. The normalized spacial score (nSPS) is 19.5. The van der Waals surface area contributed by atoms with Crippen LogP contribution in [0.4, 0.5) is 15.9 Å². The lowest BCUT2D eigenvalue weighted by atomic mass is 9.99. The number of aromatic nitrogens is 5. The van der Waals surface area contributed by atoms with Gasteiger partial charge in [0.25, 0.3) is 0 Å². The number of halogens is 1. The van der Waals surface area contributed by atoms with E-state index in [0.717, 1.165) is 11.3 Å². The number of nitrogens with zero attached hydrogens (tertiary/aromatic N) is 8. The van der Waals surface area contributed by atoms with E-state index in [9.17, 15) is 17.9 Å². The second kappa shape index (κ2) is 9.68. The van der Waals surface area contributed by atoms with Gasteiger partial charge in [-0.2, -0.15) is 4.39 Å². The number of carbonyl (C=O) groups is 1. The number of hydrogen-bond acceptors (Lipinski definition) is 10. The number of hydrogen-bond donors (Lipinski definition) is 0. The van der Waals surface area contributed by atoms with E-state index in [1.807, 2.05) is 11.8 Å². The number of fused-ring (bicyclic) bond motifs is 1. The van der Waals surface area contributed by atoms with Gasteiger partial charge in [-0.3, -0.25) is 13.9 Å². The zero-order valence-corrected chi connectivity index (χ0v) is 19.7. The molecule has 2 aliphatic rings. The Morgan fingerprint density at radius 1 is 1.11 bits per heavy atom. The van der Waals surface area contributed by atoms with Crippen molar-refractivity contribution in [2.45, 2.75) is 19.4 Å². The van der Waals surface area contributed by atoms with E-state index in [1.165, 1.54) is 11.0 Å². The molecule has 3 aromatic heterocycles.